The second-order valence-corrected chi connectivity index (χ2v) is 3.42. The minimum absolute atomic E-state index is 0.253. The Morgan fingerprint density at radius 2 is 2.08 bits per heavy atom. The van der Waals surface area contributed by atoms with Gasteiger partial charge >= 0.3 is 0 Å². The molecule has 1 aromatic carbocycles. The van der Waals surface area contributed by atoms with Crippen LogP contribution in [0.1, 0.15) is 12.0 Å². The van der Waals surface area contributed by atoms with Crippen LogP contribution in [0, 0.1) is 6.92 Å². The maximum atomic E-state index is 5.71. The highest BCUT2D eigenvalue weighted by Crippen LogP contribution is 2.16. The van der Waals surface area contributed by atoms with E-state index in [2.05, 4.69) is 19.1 Å². The molecule has 13 heavy (non-hydrogen) atoms. The number of rotatable bonds is 2. The van der Waals surface area contributed by atoms with E-state index < -0.39 is 0 Å². The molecule has 0 spiro atoms. The summed E-state index contributed by atoms with van der Waals surface area (Å²) < 4.78 is 10.9. The zero-order valence-electron chi connectivity index (χ0n) is 7.82. The molecule has 0 aliphatic carbocycles. The lowest BCUT2D eigenvalue weighted by atomic mass is 10.2. The molecule has 1 atom stereocenters. The molecule has 0 N–H and O–H groups in total. The molecule has 0 radical (unpaired) electrons. The molecule has 0 bridgehead atoms. The predicted molar refractivity (Wildman–Crippen MR) is 51.0 cm³/mol. The van der Waals surface area contributed by atoms with Gasteiger partial charge in [-0.15, -0.1) is 0 Å². The van der Waals surface area contributed by atoms with Gasteiger partial charge in [0, 0.05) is 6.42 Å². The first-order chi connectivity index (χ1) is 6.34. The van der Waals surface area contributed by atoms with Crippen LogP contribution in [0.25, 0.3) is 0 Å². The molecule has 70 valence electrons. The molecule has 1 heterocycles. The average molecular weight is 178 g/mol. The van der Waals surface area contributed by atoms with Crippen LogP contribution in [-0.4, -0.2) is 19.3 Å². The Kier molecular flexibility index (Phi) is 2.50. The maximum Gasteiger partial charge on any atom is 0.124 e. The predicted octanol–water partition coefficient (Wildman–Crippen LogP) is 2.16. The van der Waals surface area contributed by atoms with Gasteiger partial charge in [-0.3, -0.25) is 0 Å². The van der Waals surface area contributed by atoms with Crippen LogP contribution in [0.15, 0.2) is 24.3 Å². The van der Waals surface area contributed by atoms with Crippen LogP contribution in [0.3, 0.4) is 0 Å². The SMILES string of the molecule is Cc1ccc(O[C@@H]2CCOC2)cc1. The normalized spacial score (nSPS) is 21.8. The molecule has 1 aliphatic rings. The highest BCUT2D eigenvalue weighted by atomic mass is 16.5. The van der Waals surface area contributed by atoms with E-state index in [4.69, 9.17) is 9.47 Å². The standard InChI is InChI=1S/C11H14O2/c1-9-2-4-10(5-3-9)13-11-6-7-12-8-11/h2-5,11H,6-8H2,1H3/t11-/m1/s1. The molecule has 1 saturated heterocycles. The van der Waals surface area contributed by atoms with Gasteiger partial charge < -0.3 is 9.47 Å². The van der Waals surface area contributed by atoms with E-state index in [0.29, 0.717) is 0 Å². The van der Waals surface area contributed by atoms with Crippen molar-refractivity contribution in [3.05, 3.63) is 29.8 Å². The van der Waals surface area contributed by atoms with E-state index in [0.717, 1.165) is 25.4 Å². The second kappa shape index (κ2) is 3.79. The van der Waals surface area contributed by atoms with Crippen molar-refractivity contribution in [2.75, 3.05) is 13.2 Å². The van der Waals surface area contributed by atoms with Crippen molar-refractivity contribution < 1.29 is 9.47 Å². The molecule has 0 unspecified atom stereocenters. The molecule has 2 heteroatoms. The molecule has 2 nitrogen and oxygen atoms in total. The van der Waals surface area contributed by atoms with Gasteiger partial charge in [-0.1, -0.05) is 17.7 Å². The lowest BCUT2D eigenvalue weighted by molar-refractivity contribution is 0.141. The summed E-state index contributed by atoms with van der Waals surface area (Å²) in [6, 6.07) is 8.14. The molecule has 0 amide bonds. The summed E-state index contributed by atoms with van der Waals surface area (Å²) in [6.07, 6.45) is 1.26. The molecule has 0 aromatic heterocycles. The number of hydrogen-bond acceptors (Lipinski definition) is 2. The Morgan fingerprint density at radius 1 is 1.31 bits per heavy atom. The van der Waals surface area contributed by atoms with E-state index in [-0.39, 0.29) is 6.10 Å². The fourth-order valence-corrected chi connectivity index (χ4v) is 1.42. The smallest absolute Gasteiger partial charge is 0.124 e. The lowest BCUT2D eigenvalue weighted by Crippen LogP contribution is -2.15. The first-order valence-electron chi connectivity index (χ1n) is 4.66. The number of hydrogen-bond donors (Lipinski definition) is 0. The third-order valence-electron chi connectivity index (χ3n) is 2.21. The molecular weight excluding hydrogens is 164 g/mol. The van der Waals surface area contributed by atoms with Gasteiger partial charge in [0.25, 0.3) is 0 Å². The van der Waals surface area contributed by atoms with E-state index in [1.807, 2.05) is 12.1 Å². The number of aryl methyl sites for hydroxylation is 1. The molecule has 0 saturated carbocycles. The van der Waals surface area contributed by atoms with Gasteiger partial charge in [-0.25, -0.2) is 0 Å². The monoisotopic (exact) mass is 178 g/mol. The van der Waals surface area contributed by atoms with Crippen LogP contribution in [0.5, 0.6) is 5.75 Å². The zero-order chi connectivity index (χ0) is 9.10. The first-order valence-corrected chi connectivity index (χ1v) is 4.66. The highest BCUT2D eigenvalue weighted by molar-refractivity contribution is 5.26. The zero-order valence-corrected chi connectivity index (χ0v) is 7.82. The summed E-state index contributed by atoms with van der Waals surface area (Å²) in [5, 5.41) is 0. The van der Waals surface area contributed by atoms with Gasteiger partial charge in [0.15, 0.2) is 0 Å². The van der Waals surface area contributed by atoms with Crippen molar-refractivity contribution in [1.82, 2.24) is 0 Å². The van der Waals surface area contributed by atoms with Gasteiger partial charge in [-0.05, 0) is 19.1 Å². The van der Waals surface area contributed by atoms with Crippen molar-refractivity contribution in [1.29, 1.82) is 0 Å². The first kappa shape index (κ1) is 8.57. The molecule has 1 fully saturated rings. The highest BCUT2D eigenvalue weighted by Gasteiger charge is 2.16. The average Bonchev–Trinajstić information content (AvgIpc) is 2.62. The van der Waals surface area contributed by atoms with Crippen LogP contribution >= 0.6 is 0 Å². The van der Waals surface area contributed by atoms with Crippen molar-refractivity contribution in [3.8, 4) is 5.75 Å². The van der Waals surface area contributed by atoms with Crippen LogP contribution in [-0.2, 0) is 4.74 Å². The largest absolute Gasteiger partial charge is 0.488 e. The van der Waals surface area contributed by atoms with Crippen molar-refractivity contribution >= 4 is 0 Å². The van der Waals surface area contributed by atoms with Crippen molar-refractivity contribution in [2.45, 2.75) is 19.4 Å². The van der Waals surface area contributed by atoms with E-state index >= 15 is 0 Å². The van der Waals surface area contributed by atoms with E-state index in [9.17, 15) is 0 Å². The van der Waals surface area contributed by atoms with Crippen molar-refractivity contribution in [2.24, 2.45) is 0 Å². The summed E-state index contributed by atoms with van der Waals surface area (Å²) in [4.78, 5) is 0. The van der Waals surface area contributed by atoms with Gasteiger partial charge in [0.2, 0.25) is 0 Å². The summed E-state index contributed by atoms with van der Waals surface area (Å²) in [5.41, 5.74) is 1.26. The Balaban J connectivity index is 1.97. The molecule has 2 rings (SSSR count). The summed E-state index contributed by atoms with van der Waals surface area (Å²) in [7, 11) is 0. The molecular formula is C11H14O2. The number of benzene rings is 1. The maximum absolute atomic E-state index is 5.71. The third-order valence-corrected chi connectivity index (χ3v) is 2.21. The summed E-state index contributed by atoms with van der Waals surface area (Å²) >= 11 is 0. The third kappa shape index (κ3) is 2.22. The molecule has 1 aromatic rings. The summed E-state index contributed by atoms with van der Waals surface area (Å²) in [5.74, 6) is 0.945. The summed E-state index contributed by atoms with van der Waals surface area (Å²) in [6.45, 7) is 3.63. The Hall–Kier alpha value is -1.02. The Morgan fingerprint density at radius 3 is 2.69 bits per heavy atom. The van der Waals surface area contributed by atoms with Crippen LogP contribution in [0.2, 0.25) is 0 Å². The Bertz CT molecular complexity index is 260. The van der Waals surface area contributed by atoms with Crippen molar-refractivity contribution in [3.63, 3.8) is 0 Å². The number of ether oxygens (including phenoxy) is 2. The lowest BCUT2D eigenvalue weighted by Gasteiger charge is -2.11. The van der Waals surface area contributed by atoms with Gasteiger partial charge in [-0.2, -0.15) is 0 Å². The fraction of sp³-hybridized carbons (Fsp3) is 0.455. The molecule has 1 aliphatic heterocycles. The minimum Gasteiger partial charge on any atom is -0.488 e. The second-order valence-electron chi connectivity index (χ2n) is 3.42. The Labute approximate surface area is 78.5 Å². The van der Waals surface area contributed by atoms with E-state index in [1.54, 1.807) is 0 Å². The fourth-order valence-electron chi connectivity index (χ4n) is 1.42. The van der Waals surface area contributed by atoms with Gasteiger partial charge in [0.1, 0.15) is 11.9 Å². The van der Waals surface area contributed by atoms with Gasteiger partial charge in [0.05, 0.1) is 13.2 Å². The quantitative estimate of drug-likeness (QED) is 0.691. The topological polar surface area (TPSA) is 18.5 Å². The minimum atomic E-state index is 0.253. The van der Waals surface area contributed by atoms with E-state index in [1.165, 1.54) is 5.56 Å². The van der Waals surface area contributed by atoms with Crippen LogP contribution in [0.4, 0.5) is 0 Å². The van der Waals surface area contributed by atoms with Crippen LogP contribution < -0.4 is 4.74 Å².